The van der Waals surface area contributed by atoms with Gasteiger partial charge in [0.15, 0.2) is 0 Å². The normalized spacial score (nSPS) is 19.3. The van der Waals surface area contributed by atoms with Gasteiger partial charge in [0.2, 0.25) is 11.8 Å². The highest BCUT2D eigenvalue weighted by Gasteiger charge is 2.19. The van der Waals surface area contributed by atoms with Crippen molar-refractivity contribution in [3.05, 3.63) is 35.4 Å². The van der Waals surface area contributed by atoms with Crippen molar-refractivity contribution >= 4 is 31.3 Å². The third-order valence-electron chi connectivity index (χ3n) is 2.66. The highest BCUT2D eigenvalue weighted by molar-refractivity contribution is 6.35. The average molecular weight is 272 g/mol. The van der Waals surface area contributed by atoms with E-state index in [4.69, 9.17) is 8.85 Å². The van der Waals surface area contributed by atoms with Gasteiger partial charge in [-0.05, 0) is 24.2 Å². The largest absolute Gasteiger partial charge is 0.528 e. The fourth-order valence-electron chi connectivity index (χ4n) is 1.85. The number of aliphatic imine (C=N–C) groups is 2. The summed E-state index contributed by atoms with van der Waals surface area (Å²) in [5.41, 5.74) is 1.99. The number of hydrogen-bond acceptors (Lipinski definition) is 4. The summed E-state index contributed by atoms with van der Waals surface area (Å²) in [4.78, 5) is 8.90. The monoisotopic (exact) mass is 272 g/mol. The molecule has 2 aliphatic rings. The molecule has 2 aliphatic heterocycles. The van der Waals surface area contributed by atoms with Gasteiger partial charge in [-0.25, -0.2) is 0 Å². The van der Waals surface area contributed by atoms with E-state index in [2.05, 4.69) is 9.98 Å². The van der Waals surface area contributed by atoms with E-state index < -0.39 is 0 Å². The molecule has 1 aromatic rings. The van der Waals surface area contributed by atoms with E-state index in [1.165, 1.54) is 0 Å². The van der Waals surface area contributed by atoms with Gasteiger partial charge < -0.3 is 8.85 Å². The number of nitrogens with zero attached hydrogens (tertiary/aromatic N) is 2. The first-order valence-electron chi connectivity index (χ1n) is 5.93. The van der Waals surface area contributed by atoms with Gasteiger partial charge in [0.05, 0.1) is 0 Å². The first-order chi connectivity index (χ1) is 8.95. The minimum absolute atomic E-state index is 0.503. The molecule has 0 N–H and O–H groups in total. The highest BCUT2D eigenvalue weighted by Crippen LogP contribution is 2.16. The van der Waals surface area contributed by atoms with Crippen molar-refractivity contribution in [1.82, 2.24) is 0 Å². The summed E-state index contributed by atoms with van der Waals surface area (Å²) in [5.74, 6) is 1.46. The molecule has 4 radical (unpaired) electrons. The molecule has 90 valence electrons. The van der Waals surface area contributed by atoms with E-state index in [1.54, 1.807) is 0 Å². The van der Waals surface area contributed by atoms with Crippen molar-refractivity contribution in [2.75, 3.05) is 13.1 Å². The molecule has 0 fully saturated rings. The van der Waals surface area contributed by atoms with E-state index >= 15 is 0 Å². The minimum atomic E-state index is 0.503. The van der Waals surface area contributed by atoms with E-state index in [0.29, 0.717) is 19.5 Å². The Bertz CT molecular complexity index is 458. The molecule has 0 amide bonds. The van der Waals surface area contributed by atoms with Gasteiger partial charge in [-0.15, -0.1) is 0 Å². The van der Waals surface area contributed by atoms with Gasteiger partial charge in [-0.3, -0.25) is 9.98 Å². The average Bonchev–Trinajstić information content (AvgIpc) is 2.49. The van der Waals surface area contributed by atoms with Crippen LogP contribution in [0.5, 0.6) is 0 Å². The first-order valence-corrected chi connectivity index (χ1v) is 8.16. The smallest absolute Gasteiger partial charge is 0.314 e. The lowest BCUT2D eigenvalue weighted by Crippen LogP contribution is -2.23. The van der Waals surface area contributed by atoms with E-state index in [0.717, 1.165) is 48.1 Å². The van der Waals surface area contributed by atoms with Crippen LogP contribution >= 0.6 is 0 Å². The molecule has 4 nitrogen and oxygen atoms in total. The topological polar surface area (TPSA) is 43.2 Å². The van der Waals surface area contributed by atoms with Crippen molar-refractivity contribution in [2.24, 2.45) is 9.98 Å². The summed E-state index contributed by atoms with van der Waals surface area (Å²) in [6.07, 6.45) is 0. The summed E-state index contributed by atoms with van der Waals surface area (Å²) in [7, 11) is 1.01. The zero-order valence-corrected chi connectivity index (χ0v) is 11.8. The van der Waals surface area contributed by atoms with Gasteiger partial charge in [-0.2, -0.15) is 0 Å². The Morgan fingerprint density at radius 2 is 1.33 bits per heavy atom. The Morgan fingerprint density at radius 1 is 0.833 bits per heavy atom. The van der Waals surface area contributed by atoms with E-state index in [1.807, 2.05) is 24.3 Å². The molecular formula is C12H12N2O2Si2. The quantitative estimate of drug-likeness (QED) is 0.762. The molecule has 0 bridgehead atoms. The molecule has 0 unspecified atom stereocenters. The Balaban J connectivity index is 1.99. The first kappa shape index (κ1) is 11.7. The molecule has 1 aromatic carbocycles. The molecule has 0 aliphatic carbocycles. The Labute approximate surface area is 111 Å². The van der Waals surface area contributed by atoms with Crippen LogP contribution in [0.1, 0.15) is 11.1 Å². The molecule has 2 heterocycles. The Kier molecular flexibility index (Phi) is 3.56. The lowest BCUT2D eigenvalue weighted by Gasteiger charge is -2.18. The third kappa shape index (κ3) is 2.39. The van der Waals surface area contributed by atoms with Crippen molar-refractivity contribution in [1.29, 1.82) is 0 Å². The van der Waals surface area contributed by atoms with Crippen LogP contribution < -0.4 is 0 Å². The van der Waals surface area contributed by atoms with Gasteiger partial charge in [0.25, 0.3) is 0 Å². The molecular weight excluding hydrogens is 260 g/mol. The van der Waals surface area contributed by atoms with Gasteiger partial charge >= 0.3 is 19.5 Å². The molecule has 0 atom stereocenters. The van der Waals surface area contributed by atoms with Crippen molar-refractivity contribution in [3.63, 3.8) is 0 Å². The van der Waals surface area contributed by atoms with Crippen LogP contribution in [0.2, 0.25) is 12.1 Å². The summed E-state index contributed by atoms with van der Waals surface area (Å²) in [6, 6.07) is 10.1. The zero-order valence-electron chi connectivity index (χ0n) is 9.85. The number of benzene rings is 1. The van der Waals surface area contributed by atoms with E-state index in [9.17, 15) is 0 Å². The van der Waals surface area contributed by atoms with Crippen molar-refractivity contribution in [3.8, 4) is 0 Å². The molecule has 3 rings (SSSR count). The van der Waals surface area contributed by atoms with Crippen LogP contribution in [0.25, 0.3) is 0 Å². The number of rotatable bonds is 2. The fourth-order valence-corrected chi connectivity index (χ4v) is 3.08. The van der Waals surface area contributed by atoms with Crippen molar-refractivity contribution in [2.45, 2.75) is 12.1 Å². The van der Waals surface area contributed by atoms with Crippen LogP contribution in [0.15, 0.2) is 34.3 Å². The maximum absolute atomic E-state index is 5.66. The van der Waals surface area contributed by atoms with Gasteiger partial charge in [0, 0.05) is 24.2 Å². The molecule has 6 heteroatoms. The predicted octanol–water partition coefficient (Wildman–Crippen LogP) is 1.32. The van der Waals surface area contributed by atoms with Crippen LogP contribution in [-0.4, -0.2) is 44.4 Å². The van der Waals surface area contributed by atoms with Crippen LogP contribution in [-0.2, 0) is 8.85 Å². The minimum Gasteiger partial charge on any atom is -0.528 e. The highest BCUT2D eigenvalue weighted by atomic mass is 28.2. The van der Waals surface area contributed by atoms with E-state index in [-0.39, 0.29) is 0 Å². The third-order valence-corrected chi connectivity index (χ3v) is 4.19. The maximum Gasteiger partial charge on any atom is 0.314 e. The second-order valence-electron chi connectivity index (χ2n) is 3.91. The lowest BCUT2D eigenvalue weighted by atomic mass is 10.1. The van der Waals surface area contributed by atoms with Gasteiger partial charge in [-0.1, -0.05) is 12.1 Å². The van der Waals surface area contributed by atoms with Crippen molar-refractivity contribution < 1.29 is 8.85 Å². The lowest BCUT2D eigenvalue weighted by molar-refractivity contribution is 0.561. The summed E-state index contributed by atoms with van der Waals surface area (Å²) in [5, 5.41) is 0. The zero-order chi connectivity index (χ0) is 12.2. The summed E-state index contributed by atoms with van der Waals surface area (Å²) >= 11 is 0. The molecule has 0 saturated carbocycles. The molecule has 0 saturated heterocycles. The second-order valence-corrected chi connectivity index (χ2v) is 5.90. The van der Waals surface area contributed by atoms with Crippen LogP contribution in [0.3, 0.4) is 0 Å². The second kappa shape index (κ2) is 5.49. The Morgan fingerprint density at radius 3 is 1.72 bits per heavy atom. The summed E-state index contributed by atoms with van der Waals surface area (Å²) < 4.78 is 11.3. The standard InChI is InChI=1S/C12H12N2O2Si2/c1-2-4-10(12-14-6-8-18-16-12)9(3-1)11-13-5-7-17-15-11/h1-4H,5-8H2. The fraction of sp³-hybridized carbons (Fsp3) is 0.333. The van der Waals surface area contributed by atoms with Gasteiger partial charge in [0.1, 0.15) is 0 Å². The molecule has 18 heavy (non-hydrogen) atoms. The maximum atomic E-state index is 5.66. The van der Waals surface area contributed by atoms with Crippen LogP contribution in [0.4, 0.5) is 0 Å². The predicted molar refractivity (Wildman–Crippen MR) is 72.5 cm³/mol. The SMILES string of the molecule is c1ccc(C2=NCC[Si]O2)c(C2=NCC[Si]O2)c1. The van der Waals surface area contributed by atoms with Crippen LogP contribution in [0, 0.1) is 0 Å². The molecule has 0 spiro atoms. The Hall–Kier alpha value is -1.41. The number of hydrogen-bond donors (Lipinski definition) is 0. The molecule has 0 aromatic heterocycles. The summed E-state index contributed by atoms with van der Waals surface area (Å²) in [6.45, 7) is 1.69.